The largest absolute Gasteiger partial charge is 0.379 e. The van der Waals surface area contributed by atoms with Crippen molar-refractivity contribution in [2.24, 2.45) is 5.92 Å². The van der Waals surface area contributed by atoms with E-state index in [9.17, 15) is 4.79 Å². The summed E-state index contributed by atoms with van der Waals surface area (Å²) >= 11 is 0. The molecule has 0 N–H and O–H groups in total. The highest BCUT2D eigenvalue weighted by Gasteiger charge is 2.30. The molecule has 0 amide bonds. The molecule has 1 aromatic carbocycles. The van der Waals surface area contributed by atoms with Crippen LogP contribution >= 0.6 is 0 Å². The van der Waals surface area contributed by atoms with Gasteiger partial charge in [-0.25, -0.2) is 0 Å². The quantitative estimate of drug-likeness (QED) is 0.800. The second-order valence-electron chi connectivity index (χ2n) is 6.09. The lowest BCUT2D eigenvalue weighted by molar-refractivity contribution is -0.118. The van der Waals surface area contributed by atoms with Crippen LogP contribution in [0.2, 0.25) is 0 Å². The van der Waals surface area contributed by atoms with E-state index in [1.54, 1.807) is 0 Å². The Bertz CT molecular complexity index is 527. The topological polar surface area (TPSA) is 29.5 Å². The van der Waals surface area contributed by atoms with Crippen molar-refractivity contribution < 1.29 is 9.53 Å². The van der Waals surface area contributed by atoms with Gasteiger partial charge in [-0.1, -0.05) is 29.8 Å². The molecule has 2 aliphatic rings. The molecular weight excluding hydrogens is 262 g/mol. The highest BCUT2D eigenvalue weighted by molar-refractivity contribution is 6.03. The summed E-state index contributed by atoms with van der Waals surface area (Å²) in [6.45, 7) is 6.49. The molecule has 3 heteroatoms. The Hall–Kier alpha value is -1.45. The van der Waals surface area contributed by atoms with Crippen molar-refractivity contribution in [3.63, 3.8) is 0 Å². The summed E-state index contributed by atoms with van der Waals surface area (Å²) in [7, 11) is 0. The summed E-state index contributed by atoms with van der Waals surface area (Å²) in [6.07, 6.45) is 3.98. The number of carbonyl (C=O) groups is 1. The highest BCUT2D eigenvalue weighted by atomic mass is 16.5. The second-order valence-corrected chi connectivity index (χ2v) is 6.09. The van der Waals surface area contributed by atoms with Crippen LogP contribution in [0.15, 0.2) is 29.8 Å². The molecule has 1 saturated carbocycles. The molecule has 1 unspecified atom stereocenters. The minimum Gasteiger partial charge on any atom is -0.379 e. The van der Waals surface area contributed by atoms with Crippen LogP contribution in [-0.4, -0.2) is 43.5 Å². The zero-order valence-electron chi connectivity index (χ0n) is 12.7. The fraction of sp³-hybridized carbons (Fsp3) is 0.500. The summed E-state index contributed by atoms with van der Waals surface area (Å²) in [4.78, 5) is 14.9. The standard InChI is InChI=1S/C18H23NO2/c1-14-2-4-15(5-3-14)12-16-6-7-17(18(16)20)13-19-8-10-21-11-9-19/h2-5,12,17H,6-11,13H2,1H3/b16-12+. The van der Waals surface area contributed by atoms with E-state index in [2.05, 4.69) is 42.2 Å². The van der Waals surface area contributed by atoms with E-state index < -0.39 is 0 Å². The third-order valence-electron chi connectivity index (χ3n) is 4.45. The number of morpholine rings is 1. The molecule has 1 heterocycles. The summed E-state index contributed by atoms with van der Waals surface area (Å²) in [5.74, 6) is 0.530. The number of hydrogen-bond acceptors (Lipinski definition) is 3. The summed E-state index contributed by atoms with van der Waals surface area (Å²) < 4.78 is 5.36. The number of nitrogens with zero attached hydrogens (tertiary/aromatic N) is 1. The number of carbonyl (C=O) groups excluding carboxylic acids is 1. The molecule has 1 atom stereocenters. The predicted molar refractivity (Wildman–Crippen MR) is 84.1 cm³/mol. The fourth-order valence-corrected chi connectivity index (χ4v) is 3.12. The van der Waals surface area contributed by atoms with Gasteiger partial charge >= 0.3 is 0 Å². The Morgan fingerprint density at radius 2 is 1.95 bits per heavy atom. The first-order chi connectivity index (χ1) is 10.2. The van der Waals surface area contributed by atoms with Gasteiger partial charge < -0.3 is 4.74 Å². The van der Waals surface area contributed by atoms with E-state index in [0.29, 0.717) is 5.78 Å². The van der Waals surface area contributed by atoms with Gasteiger partial charge in [0, 0.05) is 25.6 Å². The van der Waals surface area contributed by atoms with Crippen LogP contribution in [0.5, 0.6) is 0 Å². The average Bonchev–Trinajstić information content (AvgIpc) is 2.84. The lowest BCUT2D eigenvalue weighted by Crippen LogP contribution is -2.40. The van der Waals surface area contributed by atoms with Gasteiger partial charge in [-0.3, -0.25) is 9.69 Å². The first kappa shape index (κ1) is 14.5. The normalized spacial score (nSPS) is 25.7. The van der Waals surface area contributed by atoms with Crippen LogP contribution in [0.3, 0.4) is 0 Å². The smallest absolute Gasteiger partial charge is 0.163 e. The number of rotatable bonds is 3. The van der Waals surface area contributed by atoms with Crippen molar-refractivity contribution in [2.75, 3.05) is 32.8 Å². The molecule has 112 valence electrons. The van der Waals surface area contributed by atoms with Crippen molar-refractivity contribution in [3.8, 4) is 0 Å². The van der Waals surface area contributed by atoms with Gasteiger partial charge in [0.05, 0.1) is 13.2 Å². The number of aryl methyl sites for hydroxylation is 1. The maximum absolute atomic E-state index is 12.5. The maximum atomic E-state index is 12.5. The van der Waals surface area contributed by atoms with Crippen molar-refractivity contribution in [1.29, 1.82) is 0 Å². The molecule has 0 bridgehead atoms. The van der Waals surface area contributed by atoms with Gasteiger partial charge in [-0.15, -0.1) is 0 Å². The third kappa shape index (κ3) is 3.60. The van der Waals surface area contributed by atoms with Crippen molar-refractivity contribution in [2.45, 2.75) is 19.8 Å². The minimum absolute atomic E-state index is 0.180. The molecule has 1 aliphatic heterocycles. The summed E-state index contributed by atoms with van der Waals surface area (Å²) in [5, 5.41) is 0. The lowest BCUT2D eigenvalue weighted by atomic mass is 10.0. The van der Waals surface area contributed by atoms with Crippen molar-refractivity contribution >= 4 is 11.9 Å². The molecule has 2 fully saturated rings. The van der Waals surface area contributed by atoms with Gasteiger partial charge in [0.15, 0.2) is 5.78 Å². The SMILES string of the molecule is Cc1ccc(/C=C2\CCC(CN3CCOCC3)C2=O)cc1. The van der Waals surface area contributed by atoms with Gasteiger partial charge in [-0.05, 0) is 37.0 Å². The average molecular weight is 285 g/mol. The molecule has 0 spiro atoms. The first-order valence-electron chi connectivity index (χ1n) is 7.84. The van der Waals surface area contributed by atoms with Gasteiger partial charge in [-0.2, -0.15) is 0 Å². The molecule has 0 radical (unpaired) electrons. The minimum atomic E-state index is 0.180. The van der Waals surface area contributed by atoms with Gasteiger partial charge in [0.1, 0.15) is 0 Å². The van der Waals surface area contributed by atoms with Crippen LogP contribution in [-0.2, 0) is 9.53 Å². The third-order valence-corrected chi connectivity index (χ3v) is 4.45. The van der Waals surface area contributed by atoms with E-state index in [0.717, 1.165) is 56.8 Å². The van der Waals surface area contributed by atoms with E-state index >= 15 is 0 Å². The van der Waals surface area contributed by atoms with E-state index in [1.165, 1.54) is 5.56 Å². The zero-order valence-corrected chi connectivity index (χ0v) is 12.7. The predicted octanol–water partition coefficient (Wildman–Crippen LogP) is 2.69. The monoisotopic (exact) mass is 285 g/mol. The van der Waals surface area contributed by atoms with E-state index in [1.807, 2.05) is 0 Å². The summed E-state index contributed by atoms with van der Waals surface area (Å²) in [6, 6.07) is 8.36. The van der Waals surface area contributed by atoms with Crippen LogP contribution < -0.4 is 0 Å². The Balaban J connectivity index is 1.64. The first-order valence-corrected chi connectivity index (χ1v) is 7.84. The van der Waals surface area contributed by atoms with Crippen molar-refractivity contribution in [1.82, 2.24) is 4.90 Å². The highest BCUT2D eigenvalue weighted by Crippen LogP contribution is 2.29. The molecule has 1 saturated heterocycles. The van der Waals surface area contributed by atoms with Crippen LogP contribution in [0.25, 0.3) is 6.08 Å². The molecular formula is C18H23NO2. The molecule has 3 rings (SSSR count). The Morgan fingerprint density at radius 1 is 1.24 bits per heavy atom. The maximum Gasteiger partial charge on any atom is 0.163 e. The van der Waals surface area contributed by atoms with Gasteiger partial charge in [0.25, 0.3) is 0 Å². The number of allylic oxidation sites excluding steroid dienone is 1. The van der Waals surface area contributed by atoms with Crippen LogP contribution in [0.1, 0.15) is 24.0 Å². The molecule has 0 aromatic heterocycles. The molecule has 21 heavy (non-hydrogen) atoms. The number of Topliss-reactive ketones (excluding diaryl/α,β-unsaturated/α-hetero) is 1. The Labute approximate surface area is 126 Å². The molecule has 3 nitrogen and oxygen atoms in total. The molecule has 1 aromatic rings. The lowest BCUT2D eigenvalue weighted by Gasteiger charge is -2.28. The van der Waals surface area contributed by atoms with E-state index in [-0.39, 0.29) is 5.92 Å². The number of ether oxygens (including phenoxy) is 1. The zero-order chi connectivity index (χ0) is 14.7. The Morgan fingerprint density at radius 3 is 2.67 bits per heavy atom. The van der Waals surface area contributed by atoms with Crippen molar-refractivity contribution in [3.05, 3.63) is 41.0 Å². The van der Waals surface area contributed by atoms with Crippen LogP contribution in [0.4, 0.5) is 0 Å². The Kier molecular flexibility index (Phi) is 4.51. The number of benzene rings is 1. The van der Waals surface area contributed by atoms with Gasteiger partial charge in [0.2, 0.25) is 0 Å². The second kappa shape index (κ2) is 6.54. The van der Waals surface area contributed by atoms with E-state index in [4.69, 9.17) is 4.74 Å². The number of ketones is 1. The number of hydrogen-bond donors (Lipinski definition) is 0. The van der Waals surface area contributed by atoms with Crippen LogP contribution in [0, 0.1) is 12.8 Å². The summed E-state index contributed by atoms with van der Waals surface area (Å²) in [5.41, 5.74) is 3.38. The fourth-order valence-electron chi connectivity index (χ4n) is 3.12. The molecule has 1 aliphatic carbocycles.